The standard InChI is InChI=1S/C43H82NO5.BrH/c1-5-7-9-11-13-15-17-19-21-23-25-27-29-31-33-35-42(46)48-40-41(39-44(3,4)37-38-45)49-43(47)36-34-32-30-28-26-24-22-20-18-16-14-12-10-8-6-2;/h19-22,41,45H,5-18,23-40H2,1-4H3;1H/q+1;/p-1/b21-19-,22-20-;. The van der Waals surface area contributed by atoms with Crippen LogP contribution in [-0.4, -0.2) is 68.0 Å². The lowest BCUT2D eigenvalue weighted by atomic mass is 10.1. The molecule has 1 N–H and O–H groups in total. The first kappa shape index (κ1) is 50.9. The monoisotopic (exact) mass is 772 g/mol. The molecule has 50 heavy (non-hydrogen) atoms. The van der Waals surface area contributed by atoms with E-state index >= 15 is 0 Å². The number of hydrogen-bond donors (Lipinski definition) is 1. The Morgan fingerprint density at radius 2 is 0.920 bits per heavy atom. The van der Waals surface area contributed by atoms with Crippen LogP contribution in [0, 0.1) is 0 Å². The van der Waals surface area contributed by atoms with Crippen molar-refractivity contribution in [2.45, 2.75) is 200 Å². The third kappa shape index (κ3) is 38.1. The van der Waals surface area contributed by atoms with Gasteiger partial charge in [0.2, 0.25) is 0 Å². The number of allylic oxidation sites excluding steroid dienone is 4. The lowest BCUT2D eigenvalue weighted by molar-refractivity contribution is -0.893. The number of rotatable bonds is 37. The number of quaternary nitrogens is 1. The van der Waals surface area contributed by atoms with Crippen molar-refractivity contribution in [2.24, 2.45) is 0 Å². The number of esters is 2. The number of hydrogen-bond acceptors (Lipinski definition) is 5. The van der Waals surface area contributed by atoms with Crippen LogP contribution >= 0.6 is 0 Å². The van der Waals surface area contributed by atoms with Crippen molar-refractivity contribution in [3.8, 4) is 0 Å². The molecule has 0 rings (SSSR count). The molecule has 0 spiro atoms. The van der Waals surface area contributed by atoms with E-state index in [1.807, 2.05) is 14.1 Å². The lowest BCUT2D eigenvalue weighted by Gasteiger charge is -2.32. The lowest BCUT2D eigenvalue weighted by Crippen LogP contribution is -3.00. The SMILES string of the molecule is CCCCCCCC/C=C\CCCCCCCC(=O)OCC(C[N+](C)(C)CCO)OC(=O)CCCCCCC/C=C\CCCCCCCC.[Br-]. The summed E-state index contributed by atoms with van der Waals surface area (Å²) < 4.78 is 11.9. The molecule has 1 unspecified atom stereocenters. The Balaban J connectivity index is 0. The van der Waals surface area contributed by atoms with Crippen LogP contribution < -0.4 is 17.0 Å². The highest BCUT2D eigenvalue weighted by atomic mass is 79.9. The molecule has 0 aliphatic rings. The number of nitrogens with zero attached hydrogens (tertiary/aromatic N) is 1. The highest BCUT2D eigenvalue weighted by molar-refractivity contribution is 5.70. The summed E-state index contributed by atoms with van der Waals surface area (Å²) in [5, 5.41) is 9.46. The first-order valence-electron chi connectivity index (χ1n) is 20.9. The summed E-state index contributed by atoms with van der Waals surface area (Å²) in [6.45, 7) is 5.70. The average Bonchev–Trinajstić information content (AvgIpc) is 3.07. The molecule has 0 aromatic heterocycles. The van der Waals surface area contributed by atoms with Crippen molar-refractivity contribution < 1.29 is 45.6 Å². The third-order valence-electron chi connectivity index (χ3n) is 9.42. The van der Waals surface area contributed by atoms with Gasteiger partial charge in [0, 0.05) is 12.8 Å². The second-order valence-corrected chi connectivity index (χ2v) is 15.0. The number of ether oxygens (including phenoxy) is 2. The largest absolute Gasteiger partial charge is 1.00 e. The number of carbonyl (C=O) groups excluding carboxylic acids is 2. The molecule has 7 heteroatoms. The maximum absolute atomic E-state index is 12.7. The molecule has 296 valence electrons. The van der Waals surface area contributed by atoms with E-state index in [1.54, 1.807) is 0 Å². The zero-order valence-electron chi connectivity index (χ0n) is 33.4. The number of aliphatic hydroxyl groups is 1. The second kappa shape index (κ2) is 39.0. The molecule has 0 aliphatic heterocycles. The van der Waals surface area contributed by atoms with Crippen molar-refractivity contribution in [1.29, 1.82) is 0 Å². The zero-order chi connectivity index (χ0) is 36.1. The molecule has 6 nitrogen and oxygen atoms in total. The van der Waals surface area contributed by atoms with E-state index in [4.69, 9.17) is 9.47 Å². The van der Waals surface area contributed by atoms with E-state index in [2.05, 4.69) is 38.2 Å². The molecule has 0 aromatic carbocycles. The summed E-state index contributed by atoms with van der Waals surface area (Å²) in [4.78, 5) is 25.1. The number of halogens is 1. The van der Waals surface area contributed by atoms with Crippen LogP contribution in [0.4, 0.5) is 0 Å². The quantitative estimate of drug-likeness (QED) is 0.0297. The fourth-order valence-corrected chi connectivity index (χ4v) is 6.22. The maximum Gasteiger partial charge on any atom is 0.306 e. The molecular weight excluding hydrogens is 690 g/mol. The van der Waals surface area contributed by atoms with Crippen molar-refractivity contribution in [3.05, 3.63) is 24.3 Å². The summed E-state index contributed by atoms with van der Waals surface area (Å²) in [6.07, 6.45) is 41.4. The van der Waals surface area contributed by atoms with E-state index in [0.717, 1.165) is 51.4 Å². The van der Waals surface area contributed by atoms with Gasteiger partial charge in [0.1, 0.15) is 19.7 Å². The summed E-state index contributed by atoms with van der Waals surface area (Å²) in [5.74, 6) is -0.441. The summed E-state index contributed by atoms with van der Waals surface area (Å²) >= 11 is 0. The van der Waals surface area contributed by atoms with Gasteiger partial charge in [-0.3, -0.25) is 9.59 Å². The minimum Gasteiger partial charge on any atom is -1.00 e. The van der Waals surface area contributed by atoms with E-state index < -0.39 is 6.10 Å². The van der Waals surface area contributed by atoms with Gasteiger partial charge in [-0.2, -0.15) is 0 Å². The Kier molecular flexibility index (Phi) is 39.8. The Labute approximate surface area is 321 Å². The van der Waals surface area contributed by atoms with Crippen molar-refractivity contribution in [2.75, 3.05) is 40.4 Å². The Bertz CT molecular complexity index is 800. The van der Waals surface area contributed by atoms with Crippen LogP contribution in [0.25, 0.3) is 0 Å². The smallest absolute Gasteiger partial charge is 0.306 e. The first-order valence-corrected chi connectivity index (χ1v) is 20.9. The van der Waals surface area contributed by atoms with E-state index in [9.17, 15) is 14.7 Å². The predicted molar refractivity (Wildman–Crippen MR) is 209 cm³/mol. The van der Waals surface area contributed by atoms with Crippen molar-refractivity contribution >= 4 is 11.9 Å². The molecular formula is C43H82BrNO5. The minimum atomic E-state index is -0.504. The fourth-order valence-electron chi connectivity index (χ4n) is 6.22. The van der Waals surface area contributed by atoms with Gasteiger partial charge in [0.05, 0.1) is 20.7 Å². The van der Waals surface area contributed by atoms with Gasteiger partial charge >= 0.3 is 11.9 Å². The van der Waals surface area contributed by atoms with Crippen LogP contribution in [-0.2, 0) is 19.1 Å². The average molecular weight is 773 g/mol. The molecule has 0 amide bonds. The Morgan fingerprint density at radius 1 is 0.560 bits per heavy atom. The van der Waals surface area contributed by atoms with Gasteiger partial charge < -0.3 is 36.0 Å². The number of carbonyl (C=O) groups is 2. The summed E-state index contributed by atoms with van der Waals surface area (Å²) in [6, 6.07) is 0. The van der Waals surface area contributed by atoms with Gasteiger partial charge in [-0.25, -0.2) is 0 Å². The molecule has 0 heterocycles. The van der Waals surface area contributed by atoms with E-state index in [-0.39, 0.29) is 42.1 Å². The molecule has 1 atom stereocenters. The minimum absolute atomic E-state index is 0. The van der Waals surface area contributed by atoms with Crippen LogP contribution in [0.1, 0.15) is 194 Å². The highest BCUT2D eigenvalue weighted by Crippen LogP contribution is 2.14. The van der Waals surface area contributed by atoms with Crippen LogP contribution in [0.2, 0.25) is 0 Å². The molecule has 0 bridgehead atoms. The highest BCUT2D eigenvalue weighted by Gasteiger charge is 2.26. The number of aliphatic hydroxyl groups excluding tert-OH is 1. The van der Waals surface area contributed by atoms with Crippen LogP contribution in [0.15, 0.2) is 24.3 Å². The maximum atomic E-state index is 12.7. The molecule has 0 radical (unpaired) electrons. The molecule has 0 saturated heterocycles. The normalized spacial score (nSPS) is 12.4. The van der Waals surface area contributed by atoms with E-state index in [0.29, 0.717) is 30.4 Å². The topological polar surface area (TPSA) is 72.8 Å². The van der Waals surface area contributed by atoms with Gasteiger partial charge in [0.15, 0.2) is 6.10 Å². The summed E-state index contributed by atoms with van der Waals surface area (Å²) in [7, 11) is 3.99. The number of likely N-dealkylation sites (N-methyl/N-ethyl adjacent to an activating group) is 1. The summed E-state index contributed by atoms with van der Waals surface area (Å²) in [5.41, 5.74) is 0. The van der Waals surface area contributed by atoms with E-state index in [1.165, 1.54) is 116 Å². The predicted octanol–water partition coefficient (Wildman–Crippen LogP) is 8.59. The van der Waals surface area contributed by atoms with Crippen molar-refractivity contribution in [3.63, 3.8) is 0 Å². The van der Waals surface area contributed by atoms with Crippen molar-refractivity contribution in [1.82, 2.24) is 0 Å². The number of unbranched alkanes of at least 4 members (excludes halogenated alkanes) is 22. The van der Waals surface area contributed by atoms with Gasteiger partial charge in [-0.1, -0.05) is 141 Å². The van der Waals surface area contributed by atoms with Gasteiger partial charge in [-0.05, 0) is 64.2 Å². The van der Waals surface area contributed by atoms with Gasteiger partial charge in [-0.15, -0.1) is 0 Å². The third-order valence-corrected chi connectivity index (χ3v) is 9.42. The fraction of sp³-hybridized carbons (Fsp3) is 0.860. The van der Waals surface area contributed by atoms with Crippen LogP contribution in [0.5, 0.6) is 0 Å². The zero-order valence-corrected chi connectivity index (χ0v) is 35.0. The molecule has 0 aliphatic carbocycles. The Morgan fingerprint density at radius 3 is 1.32 bits per heavy atom. The van der Waals surface area contributed by atoms with Crippen LogP contribution in [0.3, 0.4) is 0 Å². The second-order valence-electron chi connectivity index (χ2n) is 15.0. The molecule has 0 saturated carbocycles. The molecule has 0 aromatic rings. The van der Waals surface area contributed by atoms with Gasteiger partial charge in [0.25, 0.3) is 0 Å². The first-order chi connectivity index (χ1) is 23.8. The molecule has 0 fully saturated rings. The Hall–Kier alpha value is -1.18.